The number of aromatic nitrogens is 1. The van der Waals surface area contributed by atoms with Gasteiger partial charge in [0.15, 0.2) is 0 Å². The molecule has 1 aromatic carbocycles. The third-order valence-electron chi connectivity index (χ3n) is 4.71. The Kier molecular flexibility index (Phi) is 4.21. The molecule has 2 heterocycles. The first-order valence-electron chi connectivity index (χ1n) is 8.29. The highest BCUT2D eigenvalue weighted by atomic mass is 16.2. The van der Waals surface area contributed by atoms with Crippen LogP contribution in [0.2, 0.25) is 0 Å². The molecule has 1 N–H and O–H groups in total. The molecule has 2 aromatic rings. The molecule has 0 atom stereocenters. The van der Waals surface area contributed by atoms with Gasteiger partial charge in [0.05, 0.1) is 0 Å². The van der Waals surface area contributed by atoms with Gasteiger partial charge in [-0.05, 0) is 43.5 Å². The van der Waals surface area contributed by atoms with Crippen molar-refractivity contribution in [2.24, 2.45) is 0 Å². The molecule has 0 unspecified atom stereocenters. The second kappa shape index (κ2) is 6.13. The van der Waals surface area contributed by atoms with Crippen molar-refractivity contribution in [3.63, 3.8) is 0 Å². The highest BCUT2D eigenvalue weighted by Crippen LogP contribution is 2.28. The van der Waals surface area contributed by atoms with Crippen molar-refractivity contribution in [1.82, 2.24) is 14.8 Å². The van der Waals surface area contributed by atoms with E-state index in [1.54, 1.807) is 0 Å². The van der Waals surface area contributed by atoms with Gasteiger partial charge in [-0.25, -0.2) is 0 Å². The Morgan fingerprint density at radius 2 is 1.95 bits per heavy atom. The van der Waals surface area contributed by atoms with Gasteiger partial charge in [-0.2, -0.15) is 0 Å². The van der Waals surface area contributed by atoms with Gasteiger partial charge < -0.3 is 14.8 Å². The number of nitrogens with zero attached hydrogens (tertiary/aromatic N) is 2. The maximum atomic E-state index is 13.0. The first-order valence-corrected chi connectivity index (χ1v) is 8.29. The predicted molar refractivity (Wildman–Crippen MR) is 90.5 cm³/mol. The zero-order chi connectivity index (χ0) is 15.7. The minimum absolute atomic E-state index is 0.176. The lowest BCUT2D eigenvalue weighted by Gasteiger charge is -2.28. The van der Waals surface area contributed by atoms with Gasteiger partial charge in [0.1, 0.15) is 5.69 Å². The molecule has 0 aliphatic carbocycles. The van der Waals surface area contributed by atoms with E-state index in [4.69, 9.17) is 0 Å². The Bertz CT molecular complexity index is 696. The summed E-state index contributed by atoms with van der Waals surface area (Å²) in [5.41, 5.74) is 4.49. The molecule has 0 radical (unpaired) electrons. The number of benzene rings is 1. The van der Waals surface area contributed by atoms with Gasteiger partial charge in [-0.3, -0.25) is 4.79 Å². The Labute approximate surface area is 132 Å². The van der Waals surface area contributed by atoms with E-state index in [-0.39, 0.29) is 5.91 Å². The summed E-state index contributed by atoms with van der Waals surface area (Å²) in [5.74, 6) is 0.176. The highest BCUT2D eigenvalue weighted by Gasteiger charge is 2.25. The molecule has 1 aromatic heterocycles. The molecule has 4 nitrogen and oxygen atoms in total. The molecule has 1 aliphatic rings. The number of hydrogen-bond donors (Lipinski definition) is 1. The summed E-state index contributed by atoms with van der Waals surface area (Å²) in [7, 11) is 0. The van der Waals surface area contributed by atoms with Gasteiger partial charge in [-0.1, -0.05) is 13.0 Å². The number of amides is 1. The van der Waals surface area contributed by atoms with E-state index in [0.29, 0.717) is 0 Å². The first-order chi connectivity index (χ1) is 10.7. The van der Waals surface area contributed by atoms with Gasteiger partial charge in [0.25, 0.3) is 5.91 Å². The van der Waals surface area contributed by atoms with Crippen LogP contribution in [0.1, 0.15) is 35.5 Å². The number of piperazine rings is 1. The van der Waals surface area contributed by atoms with Crippen LogP contribution in [0.15, 0.2) is 18.2 Å². The Morgan fingerprint density at radius 3 is 2.59 bits per heavy atom. The number of fused-ring (bicyclic) bond motifs is 1. The third kappa shape index (κ3) is 2.41. The predicted octanol–water partition coefficient (Wildman–Crippen LogP) is 2.58. The largest absolute Gasteiger partial charge is 0.337 e. The fourth-order valence-electron chi connectivity index (χ4n) is 3.41. The van der Waals surface area contributed by atoms with E-state index in [9.17, 15) is 4.79 Å². The summed E-state index contributed by atoms with van der Waals surface area (Å²) >= 11 is 0. The molecule has 22 heavy (non-hydrogen) atoms. The lowest BCUT2D eigenvalue weighted by molar-refractivity contribution is 0.0725. The molecular formula is C18H25N3O. The molecule has 118 valence electrons. The third-order valence-corrected chi connectivity index (χ3v) is 4.71. The van der Waals surface area contributed by atoms with Crippen LogP contribution in [0.5, 0.6) is 0 Å². The Balaban J connectivity index is 2.11. The van der Waals surface area contributed by atoms with E-state index in [1.807, 2.05) is 4.90 Å². The van der Waals surface area contributed by atoms with E-state index in [1.165, 1.54) is 16.5 Å². The second-order valence-electron chi connectivity index (χ2n) is 5.97. The average Bonchev–Trinajstić information content (AvgIpc) is 2.86. The molecule has 1 saturated heterocycles. The minimum Gasteiger partial charge on any atom is -0.337 e. The fraction of sp³-hybridized carbons (Fsp3) is 0.500. The molecule has 1 aliphatic heterocycles. The summed E-state index contributed by atoms with van der Waals surface area (Å²) in [6, 6.07) is 6.58. The van der Waals surface area contributed by atoms with E-state index < -0.39 is 0 Å². The lowest BCUT2D eigenvalue weighted by Crippen LogP contribution is -2.47. The number of nitrogens with one attached hydrogen (secondary N) is 1. The number of hydrogen-bond acceptors (Lipinski definition) is 2. The van der Waals surface area contributed by atoms with Crippen LogP contribution in [0.25, 0.3) is 10.9 Å². The second-order valence-corrected chi connectivity index (χ2v) is 5.97. The summed E-state index contributed by atoms with van der Waals surface area (Å²) in [4.78, 5) is 15.0. The maximum absolute atomic E-state index is 13.0. The van der Waals surface area contributed by atoms with Crippen LogP contribution in [0.4, 0.5) is 0 Å². The average molecular weight is 299 g/mol. The van der Waals surface area contributed by atoms with Gasteiger partial charge in [0.2, 0.25) is 0 Å². The number of aryl methyl sites for hydroxylation is 3. The summed E-state index contributed by atoms with van der Waals surface area (Å²) in [6.07, 6.45) is 1.02. The van der Waals surface area contributed by atoms with Gasteiger partial charge in [-0.15, -0.1) is 0 Å². The van der Waals surface area contributed by atoms with Gasteiger partial charge in [0, 0.05) is 43.6 Å². The zero-order valence-electron chi connectivity index (χ0n) is 13.8. The summed E-state index contributed by atoms with van der Waals surface area (Å²) in [6.45, 7) is 10.6. The molecule has 3 rings (SSSR count). The molecular weight excluding hydrogens is 274 g/mol. The van der Waals surface area contributed by atoms with Crippen LogP contribution in [-0.4, -0.2) is 41.6 Å². The van der Waals surface area contributed by atoms with Crippen molar-refractivity contribution in [2.45, 2.75) is 33.7 Å². The van der Waals surface area contributed by atoms with E-state index in [2.05, 4.69) is 48.9 Å². The number of carbonyl (C=O) groups excluding carboxylic acids is 1. The van der Waals surface area contributed by atoms with Crippen molar-refractivity contribution in [1.29, 1.82) is 0 Å². The molecule has 0 spiro atoms. The Morgan fingerprint density at radius 1 is 1.23 bits per heavy atom. The summed E-state index contributed by atoms with van der Waals surface area (Å²) < 4.78 is 2.18. The molecule has 0 saturated carbocycles. The molecule has 4 heteroatoms. The normalized spacial score (nSPS) is 15.5. The maximum Gasteiger partial charge on any atom is 0.270 e. The van der Waals surface area contributed by atoms with Crippen molar-refractivity contribution < 1.29 is 4.79 Å². The molecule has 1 amide bonds. The molecule has 1 fully saturated rings. The zero-order valence-corrected chi connectivity index (χ0v) is 13.8. The SMILES string of the molecule is CCc1ccc2c(c1)c(C)c(C(=O)N1CCNCC1)n2CC. The fourth-order valence-corrected chi connectivity index (χ4v) is 3.41. The highest BCUT2D eigenvalue weighted by molar-refractivity contribution is 6.01. The van der Waals surface area contributed by atoms with Crippen LogP contribution in [0, 0.1) is 6.92 Å². The first kappa shape index (κ1) is 15.1. The minimum atomic E-state index is 0.176. The lowest BCUT2D eigenvalue weighted by atomic mass is 10.1. The number of rotatable bonds is 3. The van der Waals surface area contributed by atoms with Crippen molar-refractivity contribution in [2.75, 3.05) is 26.2 Å². The van der Waals surface area contributed by atoms with Crippen molar-refractivity contribution >= 4 is 16.8 Å². The van der Waals surface area contributed by atoms with Crippen LogP contribution >= 0.6 is 0 Å². The van der Waals surface area contributed by atoms with Crippen molar-refractivity contribution in [3.05, 3.63) is 35.0 Å². The van der Waals surface area contributed by atoms with E-state index in [0.717, 1.165) is 50.4 Å². The summed E-state index contributed by atoms with van der Waals surface area (Å²) in [5, 5.41) is 4.53. The van der Waals surface area contributed by atoms with Crippen LogP contribution < -0.4 is 5.32 Å². The quantitative estimate of drug-likeness (QED) is 0.946. The number of carbonyl (C=O) groups is 1. The Hall–Kier alpha value is -1.81. The smallest absolute Gasteiger partial charge is 0.270 e. The van der Waals surface area contributed by atoms with E-state index >= 15 is 0 Å². The standard InChI is InChI=1S/C18H25N3O/c1-4-14-6-7-16-15(12-14)13(3)17(21(16)5-2)18(22)20-10-8-19-9-11-20/h6-7,12,19H,4-5,8-11H2,1-3H3. The van der Waals surface area contributed by atoms with Crippen LogP contribution in [0.3, 0.4) is 0 Å². The monoisotopic (exact) mass is 299 g/mol. The van der Waals surface area contributed by atoms with Crippen molar-refractivity contribution in [3.8, 4) is 0 Å². The van der Waals surface area contributed by atoms with Crippen LogP contribution in [-0.2, 0) is 13.0 Å². The topological polar surface area (TPSA) is 37.3 Å². The van der Waals surface area contributed by atoms with Gasteiger partial charge >= 0.3 is 0 Å². The molecule has 0 bridgehead atoms.